The van der Waals surface area contributed by atoms with Crippen LogP contribution in [0.2, 0.25) is 0 Å². The van der Waals surface area contributed by atoms with Crippen LogP contribution in [-0.4, -0.2) is 10.1 Å². The van der Waals surface area contributed by atoms with Gasteiger partial charge in [0.05, 0.1) is 17.3 Å². The maximum atomic E-state index is 8.86. The standard InChI is InChI=1S/C11H11NOS/c13-7-10-8-14-11(12-10)6-9-4-2-1-3-5-9/h1-5,8,13H,6-7H2. The van der Waals surface area contributed by atoms with Gasteiger partial charge in [0, 0.05) is 11.8 Å². The van der Waals surface area contributed by atoms with Crippen molar-refractivity contribution in [2.75, 3.05) is 0 Å². The van der Waals surface area contributed by atoms with Gasteiger partial charge in [-0.25, -0.2) is 4.98 Å². The summed E-state index contributed by atoms with van der Waals surface area (Å²) in [5.41, 5.74) is 2.02. The third-order valence-corrected chi connectivity index (χ3v) is 2.86. The zero-order valence-electron chi connectivity index (χ0n) is 7.68. The molecule has 2 rings (SSSR count). The van der Waals surface area contributed by atoms with Gasteiger partial charge in [-0.1, -0.05) is 30.3 Å². The van der Waals surface area contributed by atoms with Crippen molar-refractivity contribution in [3.05, 3.63) is 52.0 Å². The van der Waals surface area contributed by atoms with E-state index in [0.29, 0.717) is 0 Å². The van der Waals surface area contributed by atoms with Gasteiger partial charge in [-0.2, -0.15) is 0 Å². The highest BCUT2D eigenvalue weighted by Gasteiger charge is 2.01. The lowest BCUT2D eigenvalue weighted by atomic mass is 10.2. The van der Waals surface area contributed by atoms with Crippen molar-refractivity contribution < 1.29 is 5.11 Å². The number of hydrogen-bond donors (Lipinski definition) is 1. The van der Waals surface area contributed by atoms with Crippen LogP contribution in [0.25, 0.3) is 0 Å². The predicted molar refractivity (Wildman–Crippen MR) is 57.3 cm³/mol. The van der Waals surface area contributed by atoms with E-state index in [1.54, 1.807) is 11.3 Å². The highest BCUT2D eigenvalue weighted by Crippen LogP contribution is 2.14. The van der Waals surface area contributed by atoms with E-state index in [1.165, 1.54) is 5.56 Å². The smallest absolute Gasteiger partial charge is 0.0973 e. The third-order valence-electron chi connectivity index (χ3n) is 1.96. The SMILES string of the molecule is OCc1csc(Cc2ccccc2)n1. The Morgan fingerprint density at radius 2 is 2.00 bits per heavy atom. The maximum absolute atomic E-state index is 8.86. The van der Waals surface area contributed by atoms with Gasteiger partial charge in [0.25, 0.3) is 0 Å². The molecule has 0 saturated carbocycles. The van der Waals surface area contributed by atoms with Gasteiger partial charge in [0.1, 0.15) is 0 Å². The Hall–Kier alpha value is -1.19. The summed E-state index contributed by atoms with van der Waals surface area (Å²) in [7, 11) is 0. The number of aliphatic hydroxyl groups excluding tert-OH is 1. The van der Waals surface area contributed by atoms with Crippen molar-refractivity contribution in [1.29, 1.82) is 0 Å². The predicted octanol–water partition coefficient (Wildman–Crippen LogP) is 2.23. The molecule has 72 valence electrons. The van der Waals surface area contributed by atoms with Crippen molar-refractivity contribution in [3.63, 3.8) is 0 Å². The first-order chi connectivity index (χ1) is 6.88. The molecule has 0 spiro atoms. The number of aliphatic hydroxyl groups is 1. The summed E-state index contributed by atoms with van der Waals surface area (Å²) in [6.07, 6.45) is 0.853. The fourth-order valence-electron chi connectivity index (χ4n) is 1.27. The highest BCUT2D eigenvalue weighted by atomic mass is 32.1. The van der Waals surface area contributed by atoms with Crippen LogP contribution in [0.5, 0.6) is 0 Å². The molecule has 1 heterocycles. The normalized spacial score (nSPS) is 10.4. The summed E-state index contributed by atoms with van der Waals surface area (Å²) in [6.45, 7) is 0.0330. The number of rotatable bonds is 3. The van der Waals surface area contributed by atoms with E-state index in [4.69, 9.17) is 5.11 Å². The quantitative estimate of drug-likeness (QED) is 0.833. The first-order valence-electron chi connectivity index (χ1n) is 4.46. The van der Waals surface area contributed by atoms with Crippen molar-refractivity contribution in [2.45, 2.75) is 13.0 Å². The summed E-state index contributed by atoms with van der Waals surface area (Å²) < 4.78 is 0. The van der Waals surface area contributed by atoms with Crippen molar-refractivity contribution in [1.82, 2.24) is 4.98 Å². The molecule has 0 aliphatic heterocycles. The second kappa shape index (κ2) is 4.35. The summed E-state index contributed by atoms with van der Waals surface area (Å²) >= 11 is 1.60. The molecule has 0 aliphatic carbocycles. The number of nitrogens with zero attached hydrogens (tertiary/aromatic N) is 1. The maximum Gasteiger partial charge on any atom is 0.0973 e. The van der Waals surface area contributed by atoms with Crippen molar-refractivity contribution in [2.24, 2.45) is 0 Å². The second-order valence-electron chi connectivity index (χ2n) is 3.05. The average Bonchev–Trinajstić information content (AvgIpc) is 2.67. The van der Waals surface area contributed by atoms with Gasteiger partial charge in [0.15, 0.2) is 0 Å². The minimum Gasteiger partial charge on any atom is -0.390 e. The highest BCUT2D eigenvalue weighted by molar-refractivity contribution is 7.09. The van der Waals surface area contributed by atoms with E-state index >= 15 is 0 Å². The lowest BCUT2D eigenvalue weighted by Crippen LogP contribution is -1.88. The zero-order chi connectivity index (χ0) is 9.80. The topological polar surface area (TPSA) is 33.1 Å². The summed E-state index contributed by atoms with van der Waals surface area (Å²) in [4.78, 5) is 4.29. The molecular formula is C11H11NOS. The summed E-state index contributed by atoms with van der Waals surface area (Å²) in [5.74, 6) is 0. The second-order valence-corrected chi connectivity index (χ2v) is 4.00. The third kappa shape index (κ3) is 2.19. The summed E-state index contributed by atoms with van der Waals surface area (Å²) in [5, 5.41) is 11.8. The molecule has 2 aromatic rings. The molecular weight excluding hydrogens is 194 g/mol. The molecule has 0 saturated heterocycles. The Balaban J connectivity index is 2.11. The number of thiazole rings is 1. The van der Waals surface area contributed by atoms with Gasteiger partial charge < -0.3 is 5.11 Å². The van der Waals surface area contributed by atoms with E-state index in [2.05, 4.69) is 17.1 Å². The fourth-order valence-corrected chi connectivity index (χ4v) is 2.09. The van der Waals surface area contributed by atoms with Crippen LogP contribution in [0.4, 0.5) is 0 Å². The largest absolute Gasteiger partial charge is 0.390 e. The Bertz CT molecular complexity index is 397. The van der Waals surface area contributed by atoms with Crippen LogP contribution < -0.4 is 0 Å². The molecule has 1 N–H and O–H groups in total. The molecule has 2 nitrogen and oxygen atoms in total. The van der Waals surface area contributed by atoms with E-state index in [9.17, 15) is 0 Å². The van der Waals surface area contributed by atoms with Gasteiger partial charge in [-0.15, -0.1) is 11.3 Å². The van der Waals surface area contributed by atoms with Crippen LogP contribution in [0.15, 0.2) is 35.7 Å². The molecule has 14 heavy (non-hydrogen) atoms. The van der Waals surface area contributed by atoms with Gasteiger partial charge >= 0.3 is 0 Å². The van der Waals surface area contributed by atoms with Gasteiger partial charge in [-0.3, -0.25) is 0 Å². The molecule has 0 amide bonds. The molecule has 0 fully saturated rings. The molecule has 0 atom stereocenters. The molecule has 3 heteroatoms. The minimum atomic E-state index is 0.0330. The van der Waals surface area contributed by atoms with Crippen LogP contribution in [0, 0.1) is 0 Å². The van der Waals surface area contributed by atoms with Crippen LogP contribution in [-0.2, 0) is 13.0 Å². The Morgan fingerprint density at radius 3 is 2.64 bits per heavy atom. The minimum absolute atomic E-state index is 0.0330. The van der Waals surface area contributed by atoms with Crippen LogP contribution >= 0.6 is 11.3 Å². The number of benzene rings is 1. The lowest BCUT2D eigenvalue weighted by molar-refractivity contribution is 0.277. The summed E-state index contributed by atoms with van der Waals surface area (Å²) in [6, 6.07) is 10.2. The number of hydrogen-bond acceptors (Lipinski definition) is 3. The molecule has 0 radical (unpaired) electrons. The molecule has 0 bridgehead atoms. The number of aromatic nitrogens is 1. The first-order valence-corrected chi connectivity index (χ1v) is 5.34. The van der Waals surface area contributed by atoms with Gasteiger partial charge in [0.2, 0.25) is 0 Å². The van der Waals surface area contributed by atoms with Gasteiger partial charge in [-0.05, 0) is 5.56 Å². The fraction of sp³-hybridized carbons (Fsp3) is 0.182. The van der Waals surface area contributed by atoms with E-state index in [0.717, 1.165) is 17.1 Å². The van der Waals surface area contributed by atoms with Crippen molar-refractivity contribution >= 4 is 11.3 Å². The molecule has 1 aromatic carbocycles. The first kappa shape index (κ1) is 9.37. The van der Waals surface area contributed by atoms with Crippen molar-refractivity contribution in [3.8, 4) is 0 Å². The molecule has 0 aliphatic rings. The van der Waals surface area contributed by atoms with Crippen LogP contribution in [0.1, 0.15) is 16.3 Å². The average molecular weight is 205 g/mol. The molecule has 1 aromatic heterocycles. The Morgan fingerprint density at radius 1 is 1.21 bits per heavy atom. The monoisotopic (exact) mass is 205 g/mol. The zero-order valence-corrected chi connectivity index (χ0v) is 8.50. The van der Waals surface area contributed by atoms with E-state index in [1.807, 2.05) is 23.6 Å². The van der Waals surface area contributed by atoms with E-state index < -0.39 is 0 Å². The Kier molecular flexibility index (Phi) is 2.91. The lowest BCUT2D eigenvalue weighted by Gasteiger charge is -1.95. The Labute approximate surface area is 86.9 Å². The van der Waals surface area contributed by atoms with E-state index in [-0.39, 0.29) is 6.61 Å². The van der Waals surface area contributed by atoms with Crippen LogP contribution in [0.3, 0.4) is 0 Å². The molecule has 0 unspecified atom stereocenters.